The minimum absolute atomic E-state index is 0.0822. The van der Waals surface area contributed by atoms with Gasteiger partial charge in [0.05, 0.1) is 0 Å². The summed E-state index contributed by atoms with van der Waals surface area (Å²) < 4.78 is 1.15. The van der Waals surface area contributed by atoms with Gasteiger partial charge < -0.3 is 15.9 Å². The monoisotopic (exact) mass is 372 g/mol. The highest BCUT2D eigenvalue weighted by Crippen LogP contribution is 2.41. The van der Waals surface area contributed by atoms with E-state index in [1.54, 1.807) is 0 Å². The summed E-state index contributed by atoms with van der Waals surface area (Å²) in [4.78, 5) is 35.0. The average Bonchev–Trinajstić information content (AvgIpc) is 2.97. The van der Waals surface area contributed by atoms with Crippen molar-refractivity contribution in [1.29, 1.82) is 0 Å². The number of carbonyl (C=O) groups is 3. The van der Waals surface area contributed by atoms with Crippen LogP contribution in [-0.4, -0.2) is 75.6 Å². The van der Waals surface area contributed by atoms with Crippen molar-refractivity contribution < 1.29 is 24.6 Å². The molecule has 3 heterocycles. The van der Waals surface area contributed by atoms with Gasteiger partial charge in [-0.15, -0.1) is 16.9 Å². The van der Waals surface area contributed by atoms with Crippen LogP contribution in [0.3, 0.4) is 0 Å². The molecular weight excluding hydrogens is 360 g/mol. The lowest BCUT2D eigenvalue weighted by Crippen LogP contribution is -2.68. The van der Waals surface area contributed by atoms with Gasteiger partial charge in [-0.3, -0.25) is 14.5 Å². The Morgan fingerprint density at radius 3 is 2.83 bits per heavy atom. The summed E-state index contributed by atoms with van der Waals surface area (Å²) in [6.45, 7) is -0.362. The van der Waals surface area contributed by atoms with Gasteiger partial charge in [0.2, 0.25) is 11.1 Å². The molecule has 2 aliphatic rings. The van der Waals surface area contributed by atoms with E-state index < -0.39 is 29.3 Å². The second-order valence-corrected chi connectivity index (χ2v) is 7.33. The summed E-state index contributed by atoms with van der Waals surface area (Å²) in [5.41, 5.74) is 5.65. The highest BCUT2D eigenvalue weighted by molar-refractivity contribution is 8.03. The van der Waals surface area contributed by atoms with Crippen LogP contribution < -0.4 is 5.73 Å². The summed E-state index contributed by atoms with van der Waals surface area (Å²) in [5.74, 6) is -2.25. The first-order chi connectivity index (χ1) is 11.4. The molecule has 24 heavy (non-hydrogen) atoms. The third-order valence-electron chi connectivity index (χ3n) is 3.38. The fourth-order valence-electron chi connectivity index (χ4n) is 2.31. The molecule has 1 aromatic rings. The SMILES string of the molecule is NC1C(=O)N2C(C(=O)O)=CC(CSc3nnnn3CC(=O)O)S[C@H]12. The summed E-state index contributed by atoms with van der Waals surface area (Å²) >= 11 is 2.59. The number of hydrogen-bond acceptors (Lipinski definition) is 9. The van der Waals surface area contributed by atoms with E-state index >= 15 is 0 Å². The Bertz CT molecular complexity index is 736. The van der Waals surface area contributed by atoms with Crippen molar-refractivity contribution in [2.75, 3.05) is 5.75 Å². The zero-order chi connectivity index (χ0) is 17.4. The molecule has 1 fully saturated rings. The highest BCUT2D eigenvalue weighted by atomic mass is 32.2. The number of hydrogen-bond donors (Lipinski definition) is 3. The van der Waals surface area contributed by atoms with E-state index in [9.17, 15) is 19.5 Å². The Morgan fingerprint density at radius 2 is 2.17 bits per heavy atom. The number of thioether (sulfide) groups is 2. The number of amides is 1. The fraction of sp³-hybridized carbons (Fsp3) is 0.455. The van der Waals surface area contributed by atoms with Crippen LogP contribution in [0.2, 0.25) is 0 Å². The molecule has 128 valence electrons. The number of carboxylic acid groups (broad SMARTS) is 2. The summed E-state index contributed by atoms with van der Waals surface area (Å²) in [6.07, 6.45) is 1.49. The van der Waals surface area contributed by atoms with Crippen molar-refractivity contribution in [3.05, 3.63) is 11.8 Å². The molecule has 1 aromatic heterocycles. The maximum atomic E-state index is 11.7. The molecule has 0 radical (unpaired) electrons. The van der Waals surface area contributed by atoms with Crippen LogP contribution in [0, 0.1) is 0 Å². The lowest BCUT2D eigenvalue weighted by atomic mass is 10.1. The lowest BCUT2D eigenvalue weighted by Gasteiger charge is -2.48. The van der Waals surface area contributed by atoms with E-state index in [1.807, 2.05) is 0 Å². The second kappa shape index (κ2) is 6.41. The number of nitrogens with two attached hydrogens (primary N) is 1. The number of carbonyl (C=O) groups excluding carboxylic acids is 1. The third-order valence-corrected chi connectivity index (χ3v) is 6.10. The van der Waals surface area contributed by atoms with Crippen LogP contribution in [-0.2, 0) is 20.9 Å². The molecule has 13 heteroatoms. The first kappa shape index (κ1) is 16.7. The van der Waals surface area contributed by atoms with E-state index in [1.165, 1.54) is 34.5 Å². The molecule has 11 nitrogen and oxygen atoms in total. The third kappa shape index (κ3) is 2.97. The fourth-order valence-corrected chi connectivity index (χ4v) is 4.77. The average molecular weight is 372 g/mol. The van der Waals surface area contributed by atoms with Crippen molar-refractivity contribution >= 4 is 41.4 Å². The molecule has 0 saturated carbocycles. The Hall–Kier alpha value is -2.12. The van der Waals surface area contributed by atoms with Gasteiger partial charge in [0.25, 0.3) is 0 Å². The van der Waals surface area contributed by atoms with E-state index in [-0.39, 0.29) is 17.5 Å². The molecule has 1 amide bonds. The van der Waals surface area contributed by atoms with Crippen LogP contribution in [0.4, 0.5) is 0 Å². The molecular formula is C11H12N6O5S2. The van der Waals surface area contributed by atoms with E-state index in [0.29, 0.717) is 10.9 Å². The largest absolute Gasteiger partial charge is 0.480 e. The van der Waals surface area contributed by atoms with Crippen LogP contribution in [0.25, 0.3) is 0 Å². The number of fused-ring (bicyclic) bond motifs is 1. The summed E-state index contributed by atoms with van der Waals surface area (Å²) in [6, 6.07) is -0.720. The predicted molar refractivity (Wildman–Crippen MR) is 81.9 cm³/mol. The van der Waals surface area contributed by atoms with Crippen LogP contribution in [0.1, 0.15) is 0 Å². The lowest BCUT2D eigenvalue weighted by molar-refractivity contribution is -0.147. The number of aliphatic carboxylic acids is 2. The van der Waals surface area contributed by atoms with Crippen molar-refractivity contribution in [3.8, 4) is 0 Å². The summed E-state index contributed by atoms with van der Waals surface area (Å²) in [7, 11) is 0. The van der Waals surface area contributed by atoms with Crippen molar-refractivity contribution in [3.63, 3.8) is 0 Å². The smallest absolute Gasteiger partial charge is 0.352 e. The van der Waals surface area contributed by atoms with Gasteiger partial charge in [-0.2, -0.15) is 0 Å². The predicted octanol–water partition coefficient (Wildman–Crippen LogP) is -1.57. The first-order valence-electron chi connectivity index (χ1n) is 6.68. The molecule has 3 atom stereocenters. The van der Waals surface area contributed by atoms with Gasteiger partial charge >= 0.3 is 11.9 Å². The Morgan fingerprint density at radius 1 is 1.42 bits per heavy atom. The standard InChI is InChI=1S/C11H12N6O5S2/c12-7-8(20)17-5(10(21)22)1-4(24-9(7)17)3-23-11-13-14-15-16(11)2-6(18)19/h1,4,7,9H,2-3,12H2,(H,18,19)(H,21,22)/t4?,7?,9-/m1/s1. The first-order valence-corrected chi connectivity index (χ1v) is 8.61. The Labute approximate surface area is 143 Å². The van der Waals surface area contributed by atoms with Gasteiger partial charge in [0.1, 0.15) is 23.7 Å². The number of carboxylic acids is 2. The zero-order valence-electron chi connectivity index (χ0n) is 12.0. The van der Waals surface area contributed by atoms with Gasteiger partial charge in [-0.05, 0) is 16.5 Å². The van der Waals surface area contributed by atoms with Crippen molar-refractivity contribution in [1.82, 2.24) is 25.1 Å². The molecule has 2 aliphatic heterocycles. The Kier molecular flexibility index (Phi) is 4.47. The van der Waals surface area contributed by atoms with Crippen molar-refractivity contribution in [2.45, 2.75) is 28.4 Å². The van der Waals surface area contributed by atoms with Gasteiger partial charge in [-0.1, -0.05) is 11.8 Å². The maximum absolute atomic E-state index is 11.7. The number of tetrazole rings is 1. The van der Waals surface area contributed by atoms with Crippen LogP contribution in [0.15, 0.2) is 16.9 Å². The van der Waals surface area contributed by atoms with Crippen molar-refractivity contribution in [2.24, 2.45) is 5.73 Å². The van der Waals surface area contributed by atoms with Gasteiger partial charge in [0.15, 0.2) is 0 Å². The second-order valence-electron chi connectivity index (χ2n) is 4.98. The quantitative estimate of drug-likeness (QED) is 0.390. The van der Waals surface area contributed by atoms with Gasteiger partial charge in [-0.25, -0.2) is 9.48 Å². The number of aromatic nitrogens is 4. The molecule has 0 bridgehead atoms. The molecule has 3 rings (SSSR count). The topological polar surface area (TPSA) is 165 Å². The molecule has 4 N–H and O–H groups in total. The van der Waals surface area contributed by atoms with E-state index in [2.05, 4.69) is 15.5 Å². The van der Waals surface area contributed by atoms with Gasteiger partial charge in [0, 0.05) is 11.0 Å². The minimum atomic E-state index is -1.19. The molecule has 0 spiro atoms. The number of β-lactam (4-membered cyclic amide) rings is 1. The molecule has 0 aliphatic carbocycles. The molecule has 2 unspecified atom stereocenters. The molecule has 0 aromatic carbocycles. The summed E-state index contributed by atoms with van der Waals surface area (Å²) in [5, 5.41) is 28.5. The highest BCUT2D eigenvalue weighted by Gasteiger charge is 2.51. The van der Waals surface area contributed by atoms with E-state index in [0.717, 1.165) is 4.68 Å². The van der Waals surface area contributed by atoms with Crippen LogP contribution >= 0.6 is 23.5 Å². The van der Waals surface area contributed by atoms with Crippen LogP contribution in [0.5, 0.6) is 0 Å². The zero-order valence-corrected chi connectivity index (χ0v) is 13.6. The number of nitrogens with zero attached hydrogens (tertiary/aromatic N) is 5. The Balaban J connectivity index is 1.71. The normalized spacial score (nSPS) is 25.7. The minimum Gasteiger partial charge on any atom is -0.480 e. The van der Waals surface area contributed by atoms with E-state index in [4.69, 9.17) is 10.8 Å². The number of rotatable bonds is 6. The maximum Gasteiger partial charge on any atom is 0.352 e. The molecule has 1 saturated heterocycles.